The first kappa shape index (κ1) is 14.8. The molecule has 3 nitrogen and oxygen atoms in total. The first-order valence-corrected chi connectivity index (χ1v) is 7.34. The summed E-state index contributed by atoms with van der Waals surface area (Å²) >= 11 is 5.86. The van der Waals surface area contributed by atoms with Crippen molar-refractivity contribution in [3.05, 3.63) is 47.3 Å². The summed E-state index contributed by atoms with van der Waals surface area (Å²) in [5.74, 6) is 1.31. The highest BCUT2D eigenvalue weighted by molar-refractivity contribution is 6.30. The minimum absolute atomic E-state index is 0.139. The van der Waals surface area contributed by atoms with Crippen LogP contribution in [0.4, 0.5) is 0 Å². The van der Waals surface area contributed by atoms with Crippen LogP contribution in [0.15, 0.2) is 40.8 Å². The van der Waals surface area contributed by atoms with Crippen molar-refractivity contribution in [2.24, 2.45) is 0 Å². The zero-order valence-corrected chi connectivity index (χ0v) is 12.6. The molecule has 1 aromatic carbocycles. The van der Waals surface area contributed by atoms with Crippen molar-refractivity contribution in [2.45, 2.75) is 39.0 Å². The predicted molar refractivity (Wildman–Crippen MR) is 81.8 cm³/mol. The average Bonchev–Trinajstić information content (AvgIpc) is 2.94. The summed E-state index contributed by atoms with van der Waals surface area (Å²) in [5.41, 5.74) is 0.885. The minimum atomic E-state index is 0.139. The molecule has 0 amide bonds. The highest BCUT2D eigenvalue weighted by atomic mass is 35.5. The molecule has 0 spiro atoms. The molecule has 1 unspecified atom stereocenters. The Bertz CT molecular complexity index is 560. The van der Waals surface area contributed by atoms with Crippen LogP contribution in [0.5, 0.6) is 0 Å². The number of hydrogen-bond acceptors (Lipinski definition) is 3. The van der Waals surface area contributed by atoms with Gasteiger partial charge < -0.3 is 4.42 Å². The van der Waals surface area contributed by atoms with E-state index in [1.807, 2.05) is 24.3 Å². The van der Waals surface area contributed by atoms with Crippen LogP contribution in [0, 0.1) is 0 Å². The molecule has 20 heavy (non-hydrogen) atoms. The molecule has 2 aromatic rings. The van der Waals surface area contributed by atoms with Gasteiger partial charge in [0.2, 0.25) is 11.8 Å². The van der Waals surface area contributed by atoms with Gasteiger partial charge in [-0.05, 0) is 30.7 Å². The molecule has 0 N–H and O–H groups in total. The summed E-state index contributed by atoms with van der Waals surface area (Å²) in [7, 11) is 0. The molecule has 1 heterocycles. The molecular weight excluding hydrogens is 272 g/mol. The van der Waals surface area contributed by atoms with Gasteiger partial charge in [0, 0.05) is 10.6 Å². The van der Waals surface area contributed by atoms with E-state index in [1.165, 1.54) is 12.8 Å². The Balaban J connectivity index is 2.04. The van der Waals surface area contributed by atoms with Crippen LogP contribution in [0.1, 0.15) is 44.9 Å². The normalized spacial score (nSPS) is 12.9. The van der Waals surface area contributed by atoms with Crippen molar-refractivity contribution in [2.75, 3.05) is 0 Å². The maximum absolute atomic E-state index is 5.86. The summed E-state index contributed by atoms with van der Waals surface area (Å²) in [6.07, 6.45) is 7.82. The van der Waals surface area contributed by atoms with Crippen molar-refractivity contribution in [1.82, 2.24) is 10.2 Å². The first-order valence-electron chi connectivity index (χ1n) is 6.96. The first-order chi connectivity index (χ1) is 9.70. The number of benzene rings is 1. The number of allylic oxidation sites excluding steroid dienone is 2. The lowest BCUT2D eigenvalue weighted by Gasteiger charge is -1.99. The molecule has 1 atom stereocenters. The number of rotatable bonds is 6. The molecule has 0 aliphatic rings. The number of aromatic nitrogens is 2. The molecule has 0 aliphatic heterocycles. The number of halogens is 1. The Kier molecular flexibility index (Phi) is 5.36. The van der Waals surface area contributed by atoms with Gasteiger partial charge in [0.25, 0.3) is 0 Å². The highest BCUT2D eigenvalue weighted by Crippen LogP contribution is 2.23. The number of nitrogens with zero attached hydrogens (tertiary/aromatic N) is 2. The Labute approximate surface area is 124 Å². The largest absolute Gasteiger partial charge is 0.420 e. The molecule has 106 valence electrons. The lowest BCUT2D eigenvalue weighted by atomic mass is 10.1. The molecule has 0 aliphatic carbocycles. The van der Waals surface area contributed by atoms with Gasteiger partial charge in [-0.3, -0.25) is 0 Å². The van der Waals surface area contributed by atoms with Crippen molar-refractivity contribution in [3.63, 3.8) is 0 Å². The standard InChI is InChI=1S/C16H19ClN2O/c1-3-4-5-6-7-12(2)15-18-19-16(20-15)13-8-10-14(17)11-9-13/h6-12H,3-5H2,1-2H3/b7-6+. The molecular formula is C16H19ClN2O. The van der Waals surface area contributed by atoms with Gasteiger partial charge in [0.05, 0.1) is 5.92 Å². The highest BCUT2D eigenvalue weighted by Gasteiger charge is 2.12. The number of unbranched alkanes of at least 4 members (excludes halogenated alkanes) is 2. The zero-order valence-electron chi connectivity index (χ0n) is 11.8. The van der Waals surface area contributed by atoms with Crippen LogP contribution in [0.2, 0.25) is 5.02 Å². The Morgan fingerprint density at radius 3 is 2.70 bits per heavy atom. The second-order valence-corrected chi connectivity index (χ2v) is 5.25. The minimum Gasteiger partial charge on any atom is -0.420 e. The van der Waals surface area contributed by atoms with Crippen LogP contribution in [0.25, 0.3) is 11.5 Å². The summed E-state index contributed by atoms with van der Waals surface area (Å²) < 4.78 is 5.71. The van der Waals surface area contributed by atoms with E-state index < -0.39 is 0 Å². The molecule has 0 saturated carbocycles. The maximum Gasteiger partial charge on any atom is 0.247 e. The van der Waals surface area contributed by atoms with Crippen molar-refractivity contribution < 1.29 is 4.42 Å². The molecule has 2 rings (SSSR count). The Hall–Kier alpha value is -1.61. The van der Waals surface area contributed by atoms with Gasteiger partial charge in [-0.1, -0.05) is 50.4 Å². The lowest BCUT2D eigenvalue weighted by molar-refractivity contribution is 0.494. The van der Waals surface area contributed by atoms with Crippen LogP contribution in [-0.4, -0.2) is 10.2 Å². The van der Waals surface area contributed by atoms with Gasteiger partial charge in [0.1, 0.15) is 0 Å². The third kappa shape index (κ3) is 3.94. The number of hydrogen-bond donors (Lipinski definition) is 0. The fourth-order valence-corrected chi connectivity index (χ4v) is 1.96. The van der Waals surface area contributed by atoms with E-state index in [2.05, 4.69) is 36.2 Å². The third-order valence-electron chi connectivity index (χ3n) is 3.07. The van der Waals surface area contributed by atoms with Crippen LogP contribution in [-0.2, 0) is 0 Å². The fourth-order valence-electron chi connectivity index (χ4n) is 1.83. The molecule has 0 radical (unpaired) electrons. The second-order valence-electron chi connectivity index (χ2n) is 4.81. The van der Waals surface area contributed by atoms with E-state index in [0.29, 0.717) is 16.8 Å². The SMILES string of the molecule is CCCC/C=C/C(C)c1nnc(-c2ccc(Cl)cc2)o1. The second kappa shape index (κ2) is 7.25. The predicted octanol–water partition coefficient (Wildman–Crippen LogP) is 5.24. The van der Waals surface area contributed by atoms with Gasteiger partial charge in [-0.25, -0.2) is 0 Å². The smallest absolute Gasteiger partial charge is 0.247 e. The van der Waals surface area contributed by atoms with Crippen molar-refractivity contribution >= 4 is 11.6 Å². The van der Waals surface area contributed by atoms with Crippen molar-refractivity contribution in [3.8, 4) is 11.5 Å². The van der Waals surface area contributed by atoms with Crippen molar-refractivity contribution in [1.29, 1.82) is 0 Å². The summed E-state index contributed by atoms with van der Waals surface area (Å²) in [5, 5.41) is 8.90. The lowest BCUT2D eigenvalue weighted by Crippen LogP contribution is -1.88. The average molecular weight is 291 g/mol. The van der Waals surface area contributed by atoms with Gasteiger partial charge in [0.15, 0.2) is 0 Å². The fraction of sp³-hybridized carbons (Fsp3) is 0.375. The van der Waals surface area contributed by atoms with E-state index in [0.717, 1.165) is 12.0 Å². The van der Waals surface area contributed by atoms with E-state index in [-0.39, 0.29) is 5.92 Å². The van der Waals surface area contributed by atoms with Gasteiger partial charge in [-0.15, -0.1) is 10.2 Å². The van der Waals surface area contributed by atoms with Crippen LogP contribution in [0.3, 0.4) is 0 Å². The van der Waals surface area contributed by atoms with Crippen LogP contribution >= 0.6 is 11.6 Å². The molecule has 4 heteroatoms. The van der Waals surface area contributed by atoms with Gasteiger partial charge >= 0.3 is 0 Å². The zero-order chi connectivity index (χ0) is 14.4. The molecule has 0 fully saturated rings. The van der Waals surface area contributed by atoms with E-state index in [9.17, 15) is 0 Å². The Morgan fingerprint density at radius 2 is 2.00 bits per heavy atom. The molecule has 1 aromatic heterocycles. The van der Waals surface area contributed by atoms with E-state index in [4.69, 9.17) is 16.0 Å². The van der Waals surface area contributed by atoms with E-state index >= 15 is 0 Å². The summed E-state index contributed by atoms with van der Waals surface area (Å²) in [4.78, 5) is 0. The van der Waals surface area contributed by atoms with Crippen LogP contribution < -0.4 is 0 Å². The maximum atomic E-state index is 5.86. The van der Waals surface area contributed by atoms with Gasteiger partial charge in [-0.2, -0.15) is 0 Å². The quantitative estimate of drug-likeness (QED) is 0.539. The molecule has 0 bridgehead atoms. The summed E-state index contributed by atoms with van der Waals surface area (Å²) in [6.45, 7) is 4.25. The third-order valence-corrected chi connectivity index (χ3v) is 3.32. The molecule has 0 saturated heterocycles. The Morgan fingerprint density at radius 1 is 1.25 bits per heavy atom. The monoisotopic (exact) mass is 290 g/mol. The summed E-state index contributed by atoms with van der Waals surface area (Å²) in [6, 6.07) is 7.38. The van der Waals surface area contributed by atoms with E-state index in [1.54, 1.807) is 0 Å². The topological polar surface area (TPSA) is 38.9 Å².